The molecule has 6 heteroatoms. The van der Waals surface area contributed by atoms with Crippen molar-refractivity contribution >= 4 is 5.96 Å². The van der Waals surface area contributed by atoms with Crippen molar-refractivity contribution in [3.63, 3.8) is 0 Å². The Balaban J connectivity index is 1.42. The number of piperidine rings is 1. The van der Waals surface area contributed by atoms with Crippen LogP contribution in [0.15, 0.2) is 4.99 Å². The molecule has 0 bridgehead atoms. The van der Waals surface area contributed by atoms with Crippen LogP contribution in [0.5, 0.6) is 0 Å². The van der Waals surface area contributed by atoms with Crippen LogP contribution >= 0.6 is 0 Å². The van der Waals surface area contributed by atoms with E-state index in [2.05, 4.69) is 15.1 Å². The van der Waals surface area contributed by atoms with E-state index in [4.69, 9.17) is 15.5 Å². The van der Waals surface area contributed by atoms with Crippen LogP contribution in [0, 0.1) is 0 Å². The van der Waals surface area contributed by atoms with Gasteiger partial charge < -0.3 is 15.8 Å². The quantitative estimate of drug-likeness (QED) is 0.409. The van der Waals surface area contributed by atoms with Gasteiger partial charge in [0.05, 0.1) is 19.8 Å². The molecule has 0 radical (unpaired) electrons. The molecule has 3 rings (SSSR count). The number of hydrogen-bond donors (Lipinski definition) is 2. The Kier molecular flexibility index (Phi) is 8.02. The van der Waals surface area contributed by atoms with Gasteiger partial charge in [0, 0.05) is 25.2 Å². The number of nitrogens with one attached hydrogen (secondary N) is 1. The Labute approximate surface area is 159 Å². The molecule has 1 aliphatic carbocycles. The highest BCUT2D eigenvalue weighted by molar-refractivity contribution is 5.77. The number of nitrogens with zero attached hydrogens (tertiary/aromatic N) is 3. The van der Waals surface area contributed by atoms with E-state index in [1.165, 1.54) is 64.5 Å². The topological polar surface area (TPSA) is 66.1 Å². The third-order valence-corrected chi connectivity index (χ3v) is 6.42. The van der Waals surface area contributed by atoms with Crippen molar-refractivity contribution in [3.05, 3.63) is 0 Å². The standard InChI is InChI=1S/C20H39N5O/c21-19(22-10-7-11-24-14-16-26-17-15-24)23-18-20(8-3-1-4-9-20)25-12-5-2-6-13-25/h1-18H2,(H3,21,22,23). The molecule has 0 unspecified atom stereocenters. The molecular formula is C20H39N5O. The summed E-state index contributed by atoms with van der Waals surface area (Å²) in [6.45, 7) is 9.25. The zero-order valence-electron chi connectivity index (χ0n) is 16.6. The van der Waals surface area contributed by atoms with E-state index in [0.717, 1.165) is 52.4 Å². The molecule has 2 heterocycles. The lowest BCUT2D eigenvalue weighted by molar-refractivity contribution is 0.0375. The number of morpholine rings is 1. The molecule has 2 saturated heterocycles. The summed E-state index contributed by atoms with van der Waals surface area (Å²) in [7, 11) is 0. The van der Waals surface area contributed by atoms with E-state index in [-0.39, 0.29) is 5.54 Å². The van der Waals surface area contributed by atoms with Crippen LogP contribution in [-0.4, -0.2) is 80.3 Å². The van der Waals surface area contributed by atoms with Gasteiger partial charge in [0.25, 0.3) is 0 Å². The fourth-order valence-corrected chi connectivity index (χ4v) is 4.78. The van der Waals surface area contributed by atoms with E-state index in [1.807, 2.05) is 0 Å². The SMILES string of the molecule is NC(=NCC1(N2CCCCC2)CCCCC1)NCCCN1CCOCC1. The van der Waals surface area contributed by atoms with Crippen LogP contribution in [0.1, 0.15) is 57.8 Å². The predicted octanol–water partition coefficient (Wildman–Crippen LogP) is 1.80. The number of rotatable bonds is 7. The first-order valence-electron chi connectivity index (χ1n) is 10.9. The molecule has 0 aromatic rings. The van der Waals surface area contributed by atoms with Crippen molar-refractivity contribution in [3.8, 4) is 0 Å². The van der Waals surface area contributed by atoms with Crippen LogP contribution in [-0.2, 0) is 4.74 Å². The van der Waals surface area contributed by atoms with Crippen molar-refractivity contribution in [1.29, 1.82) is 0 Å². The lowest BCUT2D eigenvalue weighted by atomic mass is 9.79. The summed E-state index contributed by atoms with van der Waals surface area (Å²) in [6.07, 6.45) is 11.9. The van der Waals surface area contributed by atoms with Crippen LogP contribution in [0.2, 0.25) is 0 Å². The summed E-state index contributed by atoms with van der Waals surface area (Å²) >= 11 is 0. The summed E-state index contributed by atoms with van der Waals surface area (Å²) in [5, 5.41) is 3.33. The average molecular weight is 366 g/mol. The highest BCUT2D eigenvalue weighted by Crippen LogP contribution is 2.35. The van der Waals surface area contributed by atoms with E-state index in [1.54, 1.807) is 0 Å². The van der Waals surface area contributed by atoms with Crippen molar-refractivity contribution in [2.45, 2.75) is 63.3 Å². The molecule has 0 atom stereocenters. The predicted molar refractivity (Wildman–Crippen MR) is 108 cm³/mol. The number of hydrogen-bond acceptors (Lipinski definition) is 4. The first-order chi connectivity index (χ1) is 12.8. The van der Waals surface area contributed by atoms with E-state index in [0.29, 0.717) is 5.96 Å². The summed E-state index contributed by atoms with van der Waals surface area (Å²) in [6, 6.07) is 0. The van der Waals surface area contributed by atoms with Gasteiger partial charge in [-0.3, -0.25) is 14.8 Å². The van der Waals surface area contributed by atoms with Gasteiger partial charge in [-0.05, 0) is 51.7 Å². The van der Waals surface area contributed by atoms with E-state index < -0.39 is 0 Å². The van der Waals surface area contributed by atoms with E-state index in [9.17, 15) is 0 Å². The van der Waals surface area contributed by atoms with Gasteiger partial charge in [0.2, 0.25) is 0 Å². The number of guanidine groups is 1. The molecular weight excluding hydrogens is 326 g/mol. The van der Waals surface area contributed by atoms with Gasteiger partial charge >= 0.3 is 0 Å². The Morgan fingerprint density at radius 2 is 1.65 bits per heavy atom. The number of aliphatic imine (C=N–C) groups is 1. The summed E-state index contributed by atoms with van der Waals surface area (Å²) < 4.78 is 5.39. The first kappa shape index (κ1) is 19.9. The third kappa shape index (κ3) is 5.83. The highest BCUT2D eigenvalue weighted by Gasteiger charge is 2.38. The van der Waals surface area contributed by atoms with E-state index >= 15 is 0 Å². The van der Waals surface area contributed by atoms with Crippen LogP contribution in [0.25, 0.3) is 0 Å². The van der Waals surface area contributed by atoms with Gasteiger partial charge in [0.1, 0.15) is 0 Å². The van der Waals surface area contributed by atoms with Gasteiger partial charge in [-0.2, -0.15) is 0 Å². The molecule has 26 heavy (non-hydrogen) atoms. The minimum atomic E-state index is 0.277. The van der Waals surface area contributed by atoms with Gasteiger partial charge in [-0.25, -0.2) is 0 Å². The number of likely N-dealkylation sites (tertiary alicyclic amines) is 1. The Morgan fingerprint density at radius 3 is 2.38 bits per heavy atom. The summed E-state index contributed by atoms with van der Waals surface area (Å²) in [5.41, 5.74) is 6.46. The second kappa shape index (κ2) is 10.5. The summed E-state index contributed by atoms with van der Waals surface area (Å²) in [5.74, 6) is 0.633. The molecule has 2 aliphatic heterocycles. The normalized spacial score (nSPS) is 25.9. The fraction of sp³-hybridized carbons (Fsp3) is 0.950. The van der Waals surface area contributed by atoms with Gasteiger partial charge in [0.15, 0.2) is 5.96 Å². The molecule has 1 saturated carbocycles. The molecule has 150 valence electrons. The zero-order valence-corrected chi connectivity index (χ0v) is 16.6. The molecule has 0 spiro atoms. The number of ether oxygens (including phenoxy) is 1. The molecule has 6 nitrogen and oxygen atoms in total. The third-order valence-electron chi connectivity index (χ3n) is 6.42. The average Bonchev–Trinajstić information content (AvgIpc) is 2.72. The second-order valence-electron chi connectivity index (χ2n) is 8.27. The maximum absolute atomic E-state index is 6.19. The Morgan fingerprint density at radius 1 is 0.962 bits per heavy atom. The van der Waals surface area contributed by atoms with Crippen LogP contribution < -0.4 is 11.1 Å². The molecule has 0 aromatic heterocycles. The maximum atomic E-state index is 6.19. The first-order valence-corrected chi connectivity index (χ1v) is 10.9. The van der Waals surface area contributed by atoms with Crippen molar-refractivity contribution in [2.24, 2.45) is 10.7 Å². The van der Waals surface area contributed by atoms with Crippen molar-refractivity contribution in [2.75, 3.05) is 59.0 Å². The molecule has 3 fully saturated rings. The second-order valence-corrected chi connectivity index (χ2v) is 8.27. The van der Waals surface area contributed by atoms with Crippen molar-refractivity contribution in [1.82, 2.24) is 15.1 Å². The van der Waals surface area contributed by atoms with Crippen LogP contribution in [0.3, 0.4) is 0 Å². The Bertz CT molecular complexity index is 424. The molecule has 3 aliphatic rings. The Hall–Kier alpha value is -0.850. The fourth-order valence-electron chi connectivity index (χ4n) is 4.78. The minimum Gasteiger partial charge on any atom is -0.379 e. The molecule has 0 amide bonds. The highest BCUT2D eigenvalue weighted by atomic mass is 16.5. The van der Waals surface area contributed by atoms with Gasteiger partial charge in [-0.1, -0.05) is 25.7 Å². The lowest BCUT2D eigenvalue weighted by Gasteiger charge is -2.47. The maximum Gasteiger partial charge on any atom is 0.188 e. The number of nitrogens with two attached hydrogens (primary N) is 1. The van der Waals surface area contributed by atoms with Crippen LogP contribution in [0.4, 0.5) is 0 Å². The lowest BCUT2D eigenvalue weighted by Crippen LogP contribution is -2.54. The minimum absolute atomic E-state index is 0.277. The largest absolute Gasteiger partial charge is 0.379 e. The van der Waals surface area contributed by atoms with Gasteiger partial charge in [-0.15, -0.1) is 0 Å². The molecule has 0 aromatic carbocycles. The summed E-state index contributed by atoms with van der Waals surface area (Å²) in [4.78, 5) is 9.99. The zero-order chi connectivity index (χ0) is 18.1. The molecule has 3 N–H and O–H groups in total. The van der Waals surface area contributed by atoms with Crippen molar-refractivity contribution < 1.29 is 4.74 Å². The monoisotopic (exact) mass is 365 g/mol. The smallest absolute Gasteiger partial charge is 0.188 e.